The average Bonchev–Trinajstić information content (AvgIpc) is 2.26. The Morgan fingerprint density at radius 1 is 1.50 bits per heavy atom. The molecular weight excluding hydrogens is 210 g/mol. The van der Waals surface area contributed by atoms with Gasteiger partial charge in [-0.3, -0.25) is 9.36 Å². The molecule has 5 nitrogen and oxygen atoms in total. The monoisotopic (exact) mass is 225 g/mol. The normalized spacial score (nSPS) is 12.2. The van der Waals surface area contributed by atoms with Gasteiger partial charge in [0, 0.05) is 19.4 Å². The van der Waals surface area contributed by atoms with E-state index in [0.717, 1.165) is 5.56 Å². The topological polar surface area (TPSA) is 57.5 Å². The van der Waals surface area contributed by atoms with Crippen molar-refractivity contribution in [1.82, 2.24) is 4.57 Å². The van der Waals surface area contributed by atoms with Gasteiger partial charge < -0.3 is 9.47 Å². The Labute approximate surface area is 93.6 Å². The second-order valence-corrected chi connectivity index (χ2v) is 3.44. The molecule has 0 fully saturated rings. The van der Waals surface area contributed by atoms with Crippen molar-refractivity contribution in [2.45, 2.75) is 13.0 Å². The highest BCUT2D eigenvalue weighted by atomic mass is 16.5. The number of carbonyl (C=O) groups is 1. The number of ether oxygens (including phenoxy) is 2. The molecule has 0 amide bonds. The number of aryl methyl sites for hydroxylation is 1. The first-order valence-electron chi connectivity index (χ1n) is 4.85. The number of pyridine rings is 1. The highest BCUT2D eigenvalue weighted by Gasteiger charge is 2.21. The van der Waals surface area contributed by atoms with E-state index in [1.165, 1.54) is 24.9 Å². The molecule has 0 spiro atoms. The number of aromatic nitrogens is 1. The summed E-state index contributed by atoms with van der Waals surface area (Å²) in [4.78, 5) is 23.2. The Morgan fingerprint density at radius 3 is 2.69 bits per heavy atom. The van der Waals surface area contributed by atoms with E-state index >= 15 is 0 Å². The molecule has 1 heterocycles. The maximum Gasteiger partial charge on any atom is 0.331 e. The molecule has 1 rings (SSSR count). The zero-order valence-corrected chi connectivity index (χ0v) is 9.60. The second-order valence-electron chi connectivity index (χ2n) is 3.44. The van der Waals surface area contributed by atoms with Gasteiger partial charge in [0.2, 0.25) is 0 Å². The molecule has 1 aromatic heterocycles. The summed E-state index contributed by atoms with van der Waals surface area (Å²) < 4.78 is 10.8. The van der Waals surface area contributed by atoms with Crippen molar-refractivity contribution >= 4 is 5.97 Å². The summed E-state index contributed by atoms with van der Waals surface area (Å²) in [6.45, 7) is 1.92. The van der Waals surface area contributed by atoms with Crippen LogP contribution in [0.15, 0.2) is 23.1 Å². The first-order chi connectivity index (χ1) is 7.60. The van der Waals surface area contributed by atoms with Crippen LogP contribution < -0.4 is 5.56 Å². The molecular formula is C11H15NO4. The van der Waals surface area contributed by atoms with Crippen LogP contribution in [0.25, 0.3) is 0 Å². The van der Waals surface area contributed by atoms with Crippen molar-refractivity contribution in [3.05, 3.63) is 34.2 Å². The van der Waals surface area contributed by atoms with Crippen molar-refractivity contribution in [2.75, 3.05) is 20.8 Å². The summed E-state index contributed by atoms with van der Waals surface area (Å²) in [5.41, 5.74) is 0.606. The van der Waals surface area contributed by atoms with Crippen LogP contribution in [0.3, 0.4) is 0 Å². The standard InChI is InChI=1S/C11H15NO4/c1-8-4-5-12(10(13)6-8)9(7-15-2)11(14)16-3/h4-6,9H,7H2,1-3H3. The van der Waals surface area contributed by atoms with Gasteiger partial charge in [-0.05, 0) is 18.6 Å². The summed E-state index contributed by atoms with van der Waals surface area (Å²) in [6.07, 6.45) is 1.57. The molecule has 1 atom stereocenters. The van der Waals surface area contributed by atoms with Gasteiger partial charge in [0.15, 0.2) is 6.04 Å². The van der Waals surface area contributed by atoms with Crippen LogP contribution in [0.5, 0.6) is 0 Å². The minimum Gasteiger partial charge on any atom is -0.467 e. The van der Waals surface area contributed by atoms with Crippen LogP contribution in [-0.2, 0) is 14.3 Å². The van der Waals surface area contributed by atoms with Crippen molar-refractivity contribution in [3.63, 3.8) is 0 Å². The number of carbonyl (C=O) groups excluding carboxylic acids is 1. The lowest BCUT2D eigenvalue weighted by Crippen LogP contribution is -2.32. The molecule has 0 bridgehead atoms. The van der Waals surface area contributed by atoms with Crippen molar-refractivity contribution < 1.29 is 14.3 Å². The van der Waals surface area contributed by atoms with Gasteiger partial charge in [0.05, 0.1) is 13.7 Å². The minimum atomic E-state index is -0.733. The largest absolute Gasteiger partial charge is 0.467 e. The third-order valence-electron chi connectivity index (χ3n) is 2.24. The average molecular weight is 225 g/mol. The van der Waals surface area contributed by atoms with Gasteiger partial charge in [-0.25, -0.2) is 4.79 Å². The third-order valence-corrected chi connectivity index (χ3v) is 2.24. The van der Waals surface area contributed by atoms with Gasteiger partial charge in [0.1, 0.15) is 0 Å². The summed E-state index contributed by atoms with van der Waals surface area (Å²) >= 11 is 0. The first-order valence-corrected chi connectivity index (χ1v) is 4.85. The molecule has 88 valence electrons. The summed E-state index contributed by atoms with van der Waals surface area (Å²) in [6, 6.07) is 2.49. The van der Waals surface area contributed by atoms with Gasteiger partial charge in [-0.1, -0.05) is 0 Å². The molecule has 0 aliphatic rings. The van der Waals surface area contributed by atoms with Crippen molar-refractivity contribution in [2.24, 2.45) is 0 Å². The lowest BCUT2D eigenvalue weighted by Gasteiger charge is -2.16. The predicted molar refractivity (Wildman–Crippen MR) is 58.4 cm³/mol. The molecule has 0 aliphatic heterocycles. The Balaban J connectivity index is 3.10. The SMILES string of the molecule is COCC(C(=O)OC)n1ccc(C)cc1=O. The Hall–Kier alpha value is -1.62. The maximum absolute atomic E-state index is 11.7. The van der Waals surface area contributed by atoms with Crippen LogP contribution in [-0.4, -0.2) is 31.4 Å². The zero-order chi connectivity index (χ0) is 12.1. The number of esters is 1. The van der Waals surface area contributed by atoms with E-state index in [-0.39, 0.29) is 12.2 Å². The van der Waals surface area contributed by atoms with E-state index < -0.39 is 12.0 Å². The van der Waals surface area contributed by atoms with Gasteiger partial charge >= 0.3 is 5.97 Å². The molecule has 5 heteroatoms. The number of hydrogen-bond donors (Lipinski definition) is 0. The van der Waals surface area contributed by atoms with Crippen LogP contribution in [0.2, 0.25) is 0 Å². The van der Waals surface area contributed by atoms with E-state index in [2.05, 4.69) is 4.74 Å². The fraction of sp³-hybridized carbons (Fsp3) is 0.455. The van der Waals surface area contributed by atoms with Crippen LogP contribution in [0.1, 0.15) is 11.6 Å². The fourth-order valence-corrected chi connectivity index (χ4v) is 1.40. The summed E-state index contributed by atoms with van der Waals surface area (Å²) in [7, 11) is 2.75. The quantitative estimate of drug-likeness (QED) is 0.701. The third kappa shape index (κ3) is 2.70. The molecule has 0 saturated heterocycles. The Bertz CT molecular complexity index is 424. The first kappa shape index (κ1) is 12.4. The molecule has 0 radical (unpaired) electrons. The van der Waals surface area contributed by atoms with Gasteiger partial charge in [-0.2, -0.15) is 0 Å². The molecule has 0 aliphatic carbocycles. The van der Waals surface area contributed by atoms with Crippen molar-refractivity contribution in [1.29, 1.82) is 0 Å². The number of hydrogen-bond acceptors (Lipinski definition) is 4. The molecule has 0 aromatic carbocycles. The zero-order valence-electron chi connectivity index (χ0n) is 9.60. The summed E-state index contributed by atoms with van der Waals surface area (Å²) in [5, 5.41) is 0. The lowest BCUT2D eigenvalue weighted by molar-refractivity contribution is -0.146. The highest BCUT2D eigenvalue weighted by molar-refractivity contribution is 5.74. The Kier molecular flexibility index (Phi) is 4.25. The molecule has 0 N–H and O–H groups in total. The molecule has 1 aromatic rings. The van der Waals surface area contributed by atoms with Gasteiger partial charge in [0.25, 0.3) is 5.56 Å². The number of nitrogens with zero attached hydrogens (tertiary/aromatic N) is 1. The number of methoxy groups -OCH3 is 2. The highest BCUT2D eigenvalue weighted by Crippen LogP contribution is 2.06. The van der Waals surface area contributed by atoms with E-state index in [1.807, 2.05) is 6.92 Å². The number of rotatable bonds is 4. The maximum atomic E-state index is 11.7. The van der Waals surface area contributed by atoms with Crippen LogP contribution in [0.4, 0.5) is 0 Å². The van der Waals surface area contributed by atoms with Crippen molar-refractivity contribution in [3.8, 4) is 0 Å². The smallest absolute Gasteiger partial charge is 0.331 e. The van der Waals surface area contributed by atoms with E-state index in [9.17, 15) is 9.59 Å². The lowest BCUT2D eigenvalue weighted by atomic mass is 10.2. The predicted octanol–water partition coefficient (Wildman–Crippen LogP) is 0.517. The van der Waals surface area contributed by atoms with E-state index in [4.69, 9.17) is 4.74 Å². The van der Waals surface area contributed by atoms with Crippen LogP contribution in [0, 0.1) is 6.92 Å². The summed E-state index contributed by atoms with van der Waals surface area (Å²) in [5.74, 6) is -0.493. The Morgan fingerprint density at radius 2 is 2.19 bits per heavy atom. The molecule has 16 heavy (non-hydrogen) atoms. The van der Waals surface area contributed by atoms with Gasteiger partial charge in [-0.15, -0.1) is 0 Å². The van der Waals surface area contributed by atoms with E-state index in [0.29, 0.717) is 0 Å². The second kappa shape index (κ2) is 5.46. The van der Waals surface area contributed by atoms with E-state index in [1.54, 1.807) is 12.3 Å². The minimum absolute atomic E-state index is 0.107. The van der Waals surface area contributed by atoms with Crippen LogP contribution >= 0.6 is 0 Å². The fourth-order valence-electron chi connectivity index (χ4n) is 1.40. The molecule has 1 unspecified atom stereocenters. The molecule has 0 saturated carbocycles.